The smallest absolute Gasteiger partial charge is 0.239 e. The number of aliphatic hydroxyl groups excluding tert-OH is 1. The number of benzene rings is 1. The maximum Gasteiger partial charge on any atom is 0.239 e. The summed E-state index contributed by atoms with van der Waals surface area (Å²) in [5, 5.41) is 9.49. The number of aliphatic hydroxyl groups is 1. The second kappa shape index (κ2) is 8.15. The van der Waals surface area contributed by atoms with Gasteiger partial charge in [-0.05, 0) is 31.2 Å². The fraction of sp³-hybridized carbons (Fsp3) is 0.588. The first-order valence-electron chi connectivity index (χ1n) is 7.93. The number of carbonyl (C=O) groups is 1. The van der Waals surface area contributed by atoms with Gasteiger partial charge in [-0.3, -0.25) is 4.79 Å². The van der Waals surface area contributed by atoms with Crippen molar-refractivity contribution in [2.24, 2.45) is 5.73 Å². The molecule has 1 saturated heterocycles. The van der Waals surface area contributed by atoms with Crippen molar-refractivity contribution in [3.8, 4) is 0 Å². The van der Waals surface area contributed by atoms with Gasteiger partial charge in [0.05, 0.1) is 18.7 Å². The van der Waals surface area contributed by atoms with Crippen LogP contribution in [0.15, 0.2) is 30.3 Å². The van der Waals surface area contributed by atoms with E-state index in [0.717, 1.165) is 38.6 Å². The summed E-state index contributed by atoms with van der Waals surface area (Å²) in [5.74, 6) is -0.00752. The lowest BCUT2D eigenvalue weighted by molar-refractivity contribution is -0.135. The Bertz CT molecular complexity index is 436. The zero-order chi connectivity index (χ0) is 15.1. The second-order valence-corrected chi connectivity index (χ2v) is 5.85. The molecule has 2 atom stereocenters. The van der Waals surface area contributed by atoms with Crippen LogP contribution in [0, 0.1) is 0 Å². The van der Waals surface area contributed by atoms with E-state index in [4.69, 9.17) is 5.73 Å². The highest BCUT2D eigenvalue weighted by molar-refractivity contribution is 5.82. The summed E-state index contributed by atoms with van der Waals surface area (Å²) in [4.78, 5) is 14.3. The zero-order valence-corrected chi connectivity index (χ0v) is 12.6. The summed E-state index contributed by atoms with van der Waals surface area (Å²) in [7, 11) is 0. The molecule has 1 aliphatic heterocycles. The van der Waals surface area contributed by atoms with E-state index >= 15 is 0 Å². The Labute approximate surface area is 126 Å². The Morgan fingerprint density at radius 1 is 1.29 bits per heavy atom. The molecule has 1 amide bonds. The SMILES string of the molecule is N[C@@H](CCc1ccccc1)C(=O)N1CCCCCC1CO. The normalized spacial score (nSPS) is 20.9. The van der Waals surface area contributed by atoms with Crippen LogP contribution >= 0.6 is 0 Å². The van der Waals surface area contributed by atoms with Crippen LogP contribution in [0.2, 0.25) is 0 Å². The van der Waals surface area contributed by atoms with Gasteiger partial charge in [0, 0.05) is 6.54 Å². The minimum Gasteiger partial charge on any atom is -0.394 e. The van der Waals surface area contributed by atoms with Crippen molar-refractivity contribution in [1.29, 1.82) is 0 Å². The highest BCUT2D eigenvalue weighted by Crippen LogP contribution is 2.18. The first kappa shape index (κ1) is 16.0. The summed E-state index contributed by atoms with van der Waals surface area (Å²) < 4.78 is 0. The zero-order valence-electron chi connectivity index (χ0n) is 12.6. The molecule has 1 heterocycles. The van der Waals surface area contributed by atoms with Crippen molar-refractivity contribution < 1.29 is 9.90 Å². The molecule has 1 aromatic rings. The molecule has 4 heteroatoms. The number of hydrogen-bond donors (Lipinski definition) is 2. The second-order valence-electron chi connectivity index (χ2n) is 5.85. The highest BCUT2D eigenvalue weighted by atomic mass is 16.3. The number of aryl methyl sites for hydroxylation is 1. The Morgan fingerprint density at radius 2 is 2.05 bits per heavy atom. The summed E-state index contributed by atoms with van der Waals surface area (Å²) in [6, 6.07) is 9.57. The lowest BCUT2D eigenvalue weighted by atomic mass is 10.0. The van der Waals surface area contributed by atoms with Crippen molar-refractivity contribution in [3.05, 3.63) is 35.9 Å². The van der Waals surface area contributed by atoms with Crippen LogP contribution in [0.25, 0.3) is 0 Å². The van der Waals surface area contributed by atoms with Gasteiger partial charge in [0.1, 0.15) is 0 Å². The third kappa shape index (κ3) is 4.55. The van der Waals surface area contributed by atoms with E-state index in [0.29, 0.717) is 6.42 Å². The van der Waals surface area contributed by atoms with Crippen molar-refractivity contribution in [3.63, 3.8) is 0 Å². The maximum atomic E-state index is 12.5. The Balaban J connectivity index is 1.91. The molecule has 0 radical (unpaired) electrons. The molecule has 0 aromatic heterocycles. The van der Waals surface area contributed by atoms with Gasteiger partial charge in [-0.2, -0.15) is 0 Å². The molecule has 0 spiro atoms. The average Bonchev–Trinajstić information content (AvgIpc) is 2.78. The molecular weight excluding hydrogens is 264 g/mol. The van der Waals surface area contributed by atoms with Crippen molar-refractivity contribution in [1.82, 2.24) is 4.90 Å². The molecule has 0 bridgehead atoms. The van der Waals surface area contributed by atoms with E-state index in [-0.39, 0.29) is 18.6 Å². The van der Waals surface area contributed by atoms with E-state index < -0.39 is 6.04 Å². The predicted octanol–water partition coefficient (Wildman–Crippen LogP) is 1.71. The molecule has 1 fully saturated rings. The minimum atomic E-state index is -0.475. The first-order chi connectivity index (χ1) is 10.2. The van der Waals surface area contributed by atoms with Gasteiger partial charge in [-0.1, -0.05) is 43.2 Å². The van der Waals surface area contributed by atoms with E-state index in [1.54, 1.807) is 0 Å². The average molecular weight is 290 g/mol. The summed E-state index contributed by atoms with van der Waals surface area (Å²) in [6.45, 7) is 0.764. The summed E-state index contributed by atoms with van der Waals surface area (Å²) in [6.07, 6.45) is 5.55. The number of nitrogens with two attached hydrogens (primary N) is 1. The quantitative estimate of drug-likeness (QED) is 0.867. The third-order valence-electron chi connectivity index (χ3n) is 4.28. The molecule has 1 aliphatic rings. The van der Waals surface area contributed by atoms with Gasteiger partial charge in [0.15, 0.2) is 0 Å². The van der Waals surface area contributed by atoms with Crippen molar-refractivity contribution >= 4 is 5.91 Å². The molecule has 1 unspecified atom stereocenters. The van der Waals surface area contributed by atoms with Crippen LogP contribution in [0.1, 0.15) is 37.7 Å². The van der Waals surface area contributed by atoms with Crippen LogP contribution < -0.4 is 5.73 Å². The van der Waals surface area contributed by atoms with E-state index in [2.05, 4.69) is 12.1 Å². The van der Waals surface area contributed by atoms with Crippen molar-refractivity contribution in [2.75, 3.05) is 13.2 Å². The fourth-order valence-electron chi connectivity index (χ4n) is 2.96. The van der Waals surface area contributed by atoms with Gasteiger partial charge in [0.25, 0.3) is 0 Å². The van der Waals surface area contributed by atoms with Gasteiger partial charge in [0.2, 0.25) is 5.91 Å². The van der Waals surface area contributed by atoms with Crippen LogP contribution in [0.4, 0.5) is 0 Å². The number of likely N-dealkylation sites (tertiary alicyclic amines) is 1. The molecule has 3 N–H and O–H groups in total. The third-order valence-corrected chi connectivity index (χ3v) is 4.28. The highest BCUT2D eigenvalue weighted by Gasteiger charge is 2.28. The van der Waals surface area contributed by atoms with E-state index in [1.807, 2.05) is 23.1 Å². The number of rotatable bonds is 5. The summed E-state index contributed by atoms with van der Waals surface area (Å²) in [5.41, 5.74) is 7.30. The Hall–Kier alpha value is -1.39. The minimum absolute atomic E-state index is 0.00752. The van der Waals surface area contributed by atoms with Crippen LogP contribution in [-0.4, -0.2) is 41.1 Å². The van der Waals surface area contributed by atoms with Gasteiger partial charge >= 0.3 is 0 Å². The van der Waals surface area contributed by atoms with Gasteiger partial charge in [-0.15, -0.1) is 0 Å². The standard InChI is InChI=1S/C17H26N2O2/c18-16(11-10-14-7-3-1-4-8-14)17(21)19-12-6-2-5-9-15(19)13-20/h1,3-4,7-8,15-16,20H,2,5-6,9-13,18H2/t15?,16-/m0/s1. The molecule has 0 aliphatic carbocycles. The lowest BCUT2D eigenvalue weighted by Crippen LogP contribution is -2.49. The molecule has 0 saturated carbocycles. The number of hydrogen-bond acceptors (Lipinski definition) is 3. The Morgan fingerprint density at radius 3 is 2.76 bits per heavy atom. The molecule has 1 aromatic carbocycles. The van der Waals surface area contributed by atoms with Crippen LogP contribution in [0.3, 0.4) is 0 Å². The molecule has 116 valence electrons. The predicted molar refractivity (Wildman–Crippen MR) is 83.8 cm³/mol. The number of nitrogens with zero attached hydrogens (tertiary/aromatic N) is 1. The summed E-state index contributed by atoms with van der Waals surface area (Å²) >= 11 is 0. The first-order valence-corrected chi connectivity index (χ1v) is 7.93. The molecular formula is C17H26N2O2. The maximum absolute atomic E-state index is 12.5. The van der Waals surface area contributed by atoms with E-state index in [1.165, 1.54) is 5.56 Å². The van der Waals surface area contributed by atoms with Gasteiger partial charge in [-0.25, -0.2) is 0 Å². The topological polar surface area (TPSA) is 66.6 Å². The lowest BCUT2D eigenvalue weighted by Gasteiger charge is -2.31. The molecule has 21 heavy (non-hydrogen) atoms. The molecule has 2 rings (SSSR count). The van der Waals surface area contributed by atoms with Gasteiger partial charge < -0.3 is 15.7 Å². The monoisotopic (exact) mass is 290 g/mol. The van der Waals surface area contributed by atoms with E-state index in [9.17, 15) is 9.90 Å². The number of carbonyl (C=O) groups excluding carboxylic acids is 1. The van der Waals surface area contributed by atoms with Crippen molar-refractivity contribution in [2.45, 2.75) is 50.6 Å². The number of amides is 1. The fourth-order valence-corrected chi connectivity index (χ4v) is 2.96. The van der Waals surface area contributed by atoms with Crippen LogP contribution in [0.5, 0.6) is 0 Å². The Kier molecular flexibility index (Phi) is 6.21. The van der Waals surface area contributed by atoms with Crippen LogP contribution in [-0.2, 0) is 11.2 Å². The molecule has 4 nitrogen and oxygen atoms in total. The largest absolute Gasteiger partial charge is 0.394 e.